The SMILES string of the molecule is CCc1ccc(C(Br)c2cc(OC)c(OC)cc2C)cc1. The highest BCUT2D eigenvalue weighted by Gasteiger charge is 2.16. The summed E-state index contributed by atoms with van der Waals surface area (Å²) in [6, 6.07) is 12.8. The van der Waals surface area contributed by atoms with Crippen molar-refractivity contribution in [1.29, 1.82) is 0 Å². The molecule has 3 heteroatoms. The molecule has 0 radical (unpaired) electrons. The van der Waals surface area contributed by atoms with E-state index in [-0.39, 0.29) is 4.83 Å². The molecule has 0 spiro atoms. The van der Waals surface area contributed by atoms with Crippen LogP contribution in [0.3, 0.4) is 0 Å². The molecule has 0 aliphatic carbocycles. The molecule has 0 saturated heterocycles. The molecule has 0 aliphatic rings. The van der Waals surface area contributed by atoms with E-state index in [4.69, 9.17) is 9.47 Å². The van der Waals surface area contributed by atoms with Crippen molar-refractivity contribution in [2.75, 3.05) is 14.2 Å². The Bertz CT molecular complexity index is 605. The predicted molar refractivity (Wildman–Crippen MR) is 90.9 cm³/mol. The summed E-state index contributed by atoms with van der Waals surface area (Å²) >= 11 is 3.80. The molecule has 0 saturated carbocycles. The van der Waals surface area contributed by atoms with Gasteiger partial charge in [-0.15, -0.1) is 0 Å². The van der Waals surface area contributed by atoms with E-state index in [0.717, 1.165) is 17.9 Å². The Morgan fingerprint density at radius 1 is 1.00 bits per heavy atom. The number of rotatable bonds is 5. The fourth-order valence-electron chi connectivity index (χ4n) is 2.37. The highest BCUT2D eigenvalue weighted by atomic mass is 79.9. The second-order valence-electron chi connectivity index (χ2n) is 5.02. The Kier molecular flexibility index (Phi) is 5.29. The molecule has 0 heterocycles. The summed E-state index contributed by atoms with van der Waals surface area (Å²) in [7, 11) is 3.32. The molecule has 2 aromatic rings. The molecular weight excluding hydrogens is 328 g/mol. The van der Waals surface area contributed by atoms with Gasteiger partial charge < -0.3 is 9.47 Å². The maximum Gasteiger partial charge on any atom is 0.161 e. The zero-order valence-electron chi connectivity index (χ0n) is 12.9. The number of alkyl halides is 1. The van der Waals surface area contributed by atoms with Gasteiger partial charge in [0.25, 0.3) is 0 Å². The van der Waals surface area contributed by atoms with Gasteiger partial charge in [-0.25, -0.2) is 0 Å². The first-order valence-corrected chi connectivity index (χ1v) is 7.97. The van der Waals surface area contributed by atoms with E-state index in [1.165, 1.54) is 22.3 Å². The maximum absolute atomic E-state index is 5.41. The van der Waals surface area contributed by atoms with E-state index < -0.39 is 0 Å². The third kappa shape index (κ3) is 3.41. The number of aryl methyl sites for hydroxylation is 2. The van der Waals surface area contributed by atoms with Gasteiger partial charge in [0.2, 0.25) is 0 Å². The molecule has 0 aliphatic heterocycles. The zero-order valence-corrected chi connectivity index (χ0v) is 14.5. The van der Waals surface area contributed by atoms with E-state index in [1.54, 1.807) is 14.2 Å². The molecule has 0 bridgehead atoms. The molecule has 0 fully saturated rings. The van der Waals surface area contributed by atoms with Gasteiger partial charge in [-0.2, -0.15) is 0 Å². The average molecular weight is 349 g/mol. The van der Waals surface area contributed by atoms with Gasteiger partial charge in [-0.05, 0) is 47.7 Å². The first-order chi connectivity index (χ1) is 10.1. The molecule has 1 atom stereocenters. The Morgan fingerprint density at radius 3 is 2.10 bits per heavy atom. The molecule has 21 heavy (non-hydrogen) atoms. The van der Waals surface area contributed by atoms with Crippen molar-refractivity contribution in [2.24, 2.45) is 0 Å². The topological polar surface area (TPSA) is 18.5 Å². The minimum absolute atomic E-state index is 0.142. The van der Waals surface area contributed by atoms with Crippen LogP contribution in [-0.2, 0) is 6.42 Å². The quantitative estimate of drug-likeness (QED) is 0.703. The van der Waals surface area contributed by atoms with Crippen LogP contribution in [0.15, 0.2) is 36.4 Å². The lowest BCUT2D eigenvalue weighted by molar-refractivity contribution is 0.354. The normalized spacial score (nSPS) is 12.0. The smallest absolute Gasteiger partial charge is 0.161 e. The molecular formula is C18H21BrO2. The Balaban J connectivity index is 2.39. The molecule has 112 valence electrons. The lowest BCUT2D eigenvalue weighted by Crippen LogP contribution is -1.99. The number of halogens is 1. The van der Waals surface area contributed by atoms with Crippen molar-refractivity contribution in [3.05, 3.63) is 58.7 Å². The van der Waals surface area contributed by atoms with Crippen LogP contribution in [0.1, 0.15) is 34.0 Å². The Labute approximate surface area is 135 Å². The highest BCUT2D eigenvalue weighted by Crippen LogP contribution is 2.38. The van der Waals surface area contributed by atoms with Gasteiger partial charge in [0.15, 0.2) is 11.5 Å². The van der Waals surface area contributed by atoms with Crippen molar-refractivity contribution >= 4 is 15.9 Å². The maximum atomic E-state index is 5.41. The molecule has 2 aromatic carbocycles. The molecule has 2 rings (SSSR count). The summed E-state index contributed by atoms with van der Waals surface area (Å²) in [4.78, 5) is 0.142. The van der Waals surface area contributed by atoms with Gasteiger partial charge in [0.1, 0.15) is 0 Å². The van der Waals surface area contributed by atoms with Crippen LogP contribution >= 0.6 is 15.9 Å². The summed E-state index contributed by atoms with van der Waals surface area (Å²) in [5, 5.41) is 0. The van der Waals surface area contributed by atoms with Gasteiger partial charge in [-0.3, -0.25) is 0 Å². The van der Waals surface area contributed by atoms with Crippen LogP contribution in [0.4, 0.5) is 0 Å². The second kappa shape index (κ2) is 6.99. The largest absolute Gasteiger partial charge is 0.493 e. The number of ether oxygens (including phenoxy) is 2. The number of hydrogen-bond acceptors (Lipinski definition) is 2. The molecule has 0 N–H and O–H groups in total. The fraction of sp³-hybridized carbons (Fsp3) is 0.333. The first kappa shape index (κ1) is 15.9. The number of hydrogen-bond donors (Lipinski definition) is 0. The fourth-order valence-corrected chi connectivity index (χ4v) is 3.17. The van der Waals surface area contributed by atoms with E-state index in [1.807, 2.05) is 12.1 Å². The Morgan fingerprint density at radius 2 is 1.57 bits per heavy atom. The standard InChI is InChI=1S/C18H21BrO2/c1-5-13-6-8-14(9-7-13)18(19)15-11-17(21-4)16(20-3)10-12(15)2/h6-11,18H,5H2,1-4H3. The summed E-state index contributed by atoms with van der Waals surface area (Å²) in [6.07, 6.45) is 1.06. The molecule has 0 amide bonds. The lowest BCUT2D eigenvalue weighted by atomic mass is 9.98. The van der Waals surface area contributed by atoms with Gasteiger partial charge >= 0.3 is 0 Å². The van der Waals surface area contributed by atoms with Crippen LogP contribution in [0, 0.1) is 6.92 Å². The second-order valence-corrected chi connectivity index (χ2v) is 5.94. The summed E-state index contributed by atoms with van der Waals surface area (Å²) in [5.41, 5.74) is 4.95. The summed E-state index contributed by atoms with van der Waals surface area (Å²) in [6.45, 7) is 4.26. The Hall–Kier alpha value is -1.48. The van der Waals surface area contributed by atoms with Crippen molar-refractivity contribution in [3.63, 3.8) is 0 Å². The van der Waals surface area contributed by atoms with Crippen molar-refractivity contribution in [3.8, 4) is 11.5 Å². The van der Waals surface area contributed by atoms with E-state index in [0.29, 0.717) is 0 Å². The number of benzene rings is 2. The molecule has 1 unspecified atom stereocenters. The third-order valence-electron chi connectivity index (χ3n) is 3.73. The van der Waals surface area contributed by atoms with Crippen molar-refractivity contribution in [1.82, 2.24) is 0 Å². The van der Waals surface area contributed by atoms with Crippen LogP contribution in [-0.4, -0.2) is 14.2 Å². The third-order valence-corrected chi connectivity index (χ3v) is 4.75. The minimum atomic E-state index is 0.142. The van der Waals surface area contributed by atoms with Crippen LogP contribution in [0.25, 0.3) is 0 Å². The minimum Gasteiger partial charge on any atom is -0.493 e. The molecule has 0 aromatic heterocycles. The van der Waals surface area contributed by atoms with Crippen molar-refractivity contribution in [2.45, 2.75) is 25.1 Å². The van der Waals surface area contributed by atoms with Gasteiger partial charge in [-0.1, -0.05) is 47.1 Å². The van der Waals surface area contributed by atoms with Gasteiger partial charge in [0.05, 0.1) is 19.0 Å². The molecule has 2 nitrogen and oxygen atoms in total. The lowest BCUT2D eigenvalue weighted by Gasteiger charge is -2.17. The predicted octanol–water partition coefficient (Wildman–Crippen LogP) is 5.06. The van der Waals surface area contributed by atoms with Crippen molar-refractivity contribution < 1.29 is 9.47 Å². The van der Waals surface area contributed by atoms with E-state index in [2.05, 4.69) is 54.0 Å². The highest BCUT2D eigenvalue weighted by molar-refractivity contribution is 9.09. The summed E-state index contributed by atoms with van der Waals surface area (Å²) < 4.78 is 10.8. The van der Waals surface area contributed by atoms with Crippen LogP contribution in [0.2, 0.25) is 0 Å². The monoisotopic (exact) mass is 348 g/mol. The van der Waals surface area contributed by atoms with E-state index >= 15 is 0 Å². The van der Waals surface area contributed by atoms with Gasteiger partial charge in [0, 0.05) is 0 Å². The van der Waals surface area contributed by atoms with Crippen LogP contribution < -0.4 is 9.47 Å². The zero-order chi connectivity index (χ0) is 15.4. The number of methoxy groups -OCH3 is 2. The average Bonchev–Trinajstić information content (AvgIpc) is 2.54. The van der Waals surface area contributed by atoms with E-state index in [9.17, 15) is 0 Å². The van der Waals surface area contributed by atoms with Crippen LogP contribution in [0.5, 0.6) is 11.5 Å². The summed E-state index contributed by atoms with van der Waals surface area (Å²) in [5.74, 6) is 1.52. The first-order valence-electron chi connectivity index (χ1n) is 7.06.